The Hall–Kier alpha value is -1.82. The number of aliphatic hydroxyl groups excluding tert-OH is 1. The summed E-state index contributed by atoms with van der Waals surface area (Å²) in [5, 5.41) is 23.0. The minimum Gasteiger partial charge on any atom is -0.487 e. The van der Waals surface area contributed by atoms with E-state index in [9.17, 15) is 10.1 Å². The number of nitrogens with zero attached hydrogens (tertiary/aromatic N) is 1. The number of benzene rings is 1. The van der Waals surface area contributed by atoms with Crippen LogP contribution < -0.4 is 10.1 Å². The number of nitrogens with one attached hydrogen (secondary N) is 1. The number of nitro groups is 1. The van der Waals surface area contributed by atoms with Gasteiger partial charge in [0.2, 0.25) is 0 Å². The third-order valence-electron chi connectivity index (χ3n) is 2.97. The Bertz CT molecular complexity index is 437. The van der Waals surface area contributed by atoms with Gasteiger partial charge in [0.1, 0.15) is 0 Å². The molecule has 0 spiro atoms. The van der Waals surface area contributed by atoms with Gasteiger partial charge in [0.25, 0.3) is 0 Å². The van der Waals surface area contributed by atoms with Crippen molar-refractivity contribution in [3.05, 3.63) is 28.3 Å². The molecule has 0 aromatic heterocycles. The average molecular weight is 282 g/mol. The molecule has 0 saturated heterocycles. The second-order valence-electron chi connectivity index (χ2n) is 4.73. The third-order valence-corrected chi connectivity index (χ3v) is 2.97. The van der Waals surface area contributed by atoms with E-state index >= 15 is 0 Å². The second kappa shape index (κ2) is 8.37. The molecule has 0 radical (unpaired) electrons. The maximum Gasteiger partial charge on any atom is 0.311 e. The zero-order valence-corrected chi connectivity index (χ0v) is 12.0. The topological polar surface area (TPSA) is 84.6 Å². The predicted molar refractivity (Wildman–Crippen MR) is 78.2 cm³/mol. The molecular formula is C14H22N2O4. The lowest BCUT2D eigenvalue weighted by Crippen LogP contribution is -2.07. The maximum atomic E-state index is 10.9. The van der Waals surface area contributed by atoms with Crippen LogP contribution in [0.25, 0.3) is 0 Å². The second-order valence-corrected chi connectivity index (χ2v) is 4.73. The standard InChI is InChI=1S/C14H22N2O4/c1-3-20-14-9-12(6-7-13(14)16(18)19)15-8-4-5-11(2)10-17/h6-7,9,11,15,17H,3-5,8,10H2,1-2H3. The molecule has 0 bridgehead atoms. The van der Waals surface area contributed by atoms with Gasteiger partial charge in [0, 0.05) is 31.0 Å². The molecule has 0 fully saturated rings. The van der Waals surface area contributed by atoms with Gasteiger partial charge in [0.05, 0.1) is 11.5 Å². The number of nitro benzene ring substituents is 1. The molecule has 0 aliphatic rings. The quantitative estimate of drug-likeness (QED) is 0.413. The molecule has 2 N–H and O–H groups in total. The first-order valence-corrected chi connectivity index (χ1v) is 6.84. The first-order chi connectivity index (χ1) is 9.58. The van der Waals surface area contributed by atoms with Crippen molar-refractivity contribution in [2.45, 2.75) is 26.7 Å². The molecule has 112 valence electrons. The highest BCUT2D eigenvalue weighted by Gasteiger charge is 2.15. The van der Waals surface area contributed by atoms with E-state index in [1.54, 1.807) is 19.1 Å². The summed E-state index contributed by atoms with van der Waals surface area (Å²) < 4.78 is 5.29. The van der Waals surface area contributed by atoms with Gasteiger partial charge in [-0.2, -0.15) is 0 Å². The van der Waals surface area contributed by atoms with Crippen LogP contribution in [0.3, 0.4) is 0 Å². The highest BCUT2D eigenvalue weighted by Crippen LogP contribution is 2.30. The molecule has 0 aliphatic heterocycles. The largest absolute Gasteiger partial charge is 0.487 e. The molecule has 0 saturated carbocycles. The fourth-order valence-corrected chi connectivity index (χ4v) is 1.82. The molecule has 1 atom stereocenters. The van der Waals surface area contributed by atoms with Crippen LogP contribution in [0.2, 0.25) is 0 Å². The van der Waals surface area contributed by atoms with Gasteiger partial charge in [-0.1, -0.05) is 6.92 Å². The number of aliphatic hydroxyl groups is 1. The molecule has 1 aromatic rings. The Balaban J connectivity index is 2.58. The van der Waals surface area contributed by atoms with Crippen LogP contribution in [-0.2, 0) is 0 Å². The molecule has 6 nitrogen and oxygen atoms in total. The van der Waals surface area contributed by atoms with Gasteiger partial charge in [-0.15, -0.1) is 0 Å². The zero-order valence-electron chi connectivity index (χ0n) is 12.0. The van der Waals surface area contributed by atoms with Gasteiger partial charge in [-0.3, -0.25) is 10.1 Å². The van der Waals surface area contributed by atoms with Gasteiger partial charge in [-0.05, 0) is 31.7 Å². The van der Waals surface area contributed by atoms with E-state index in [-0.39, 0.29) is 18.0 Å². The van der Waals surface area contributed by atoms with Crippen LogP contribution in [0.4, 0.5) is 11.4 Å². The molecule has 1 unspecified atom stereocenters. The number of hydrogen-bond donors (Lipinski definition) is 2. The predicted octanol–water partition coefficient (Wildman–Crippen LogP) is 2.81. The molecule has 0 heterocycles. The Morgan fingerprint density at radius 3 is 2.85 bits per heavy atom. The Morgan fingerprint density at radius 2 is 2.25 bits per heavy atom. The summed E-state index contributed by atoms with van der Waals surface area (Å²) in [4.78, 5) is 10.4. The summed E-state index contributed by atoms with van der Waals surface area (Å²) >= 11 is 0. The summed E-state index contributed by atoms with van der Waals surface area (Å²) in [5.41, 5.74) is 0.780. The SMILES string of the molecule is CCOc1cc(NCCCC(C)CO)ccc1[N+](=O)[O-]. The molecule has 0 amide bonds. The van der Waals surface area contributed by atoms with Crippen molar-refractivity contribution < 1.29 is 14.8 Å². The van der Waals surface area contributed by atoms with Gasteiger partial charge < -0.3 is 15.2 Å². The summed E-state index contributed by atoms with van der Waals surface area (Å²) in [6.45, 7) is 5.14. The monoisotopic (exact) mass is 282 g/mol. The lowest BCUT2D eigenvalue weighted by molar-refractivity contribution is -0.385. The number of anilines is 1. The van der Waals surface area contributed by atoms with E-state index in [1.807, 2.05) is 6.92 Å². The smallest absolute Gasteiger partial charge is 0.311 e. The molecule has 0 aliphatic carbocycles. The zero-order chi connectivity index (χ0) is 15.0. The lowest BCUT2D eigenvalue weighted by atomic mass is 10.1. The van der Waals surface area contributed by atoms with Crippen LogP contribution in [0.5, 0.6) is 5.75 Å². The summed E-state index contributed by atoms with van der Waals surface area (Å²) in [6, 6.07) is 4.77. The highest BCUT2D eigenvalue weighted by atomic mass is 16.6. The van der Waals surface area contributed by atoms with E-state index in [4.69, 9.17) is 9.84 Å². The van der Waals surface area contributed by atoms with Gasteiger partial charge in [-0.25, -0.2) is 0 Å². The first kappa shape index (κ1) is 16.2. The van der Waals surface area contributed by atoms with Crippen molar-refractivity contribution in [2.24, 2.45) is 5.92 Å². The third kappa shape index (κ3) is 5.05. The van der Waals surface area contributed by atoms with Crippen LogP contribution in [0, 0.1) is 16.0 Å². The Morgan fingerprint density at radius 1 is 1.50 bits per heavy atom. The van der Waals surface area contributed by atoms with Gasteiger partial charge in [0.15, 0.2) is 5.75 Å². The summed E-state index contributed by atoms with van der Waals surface area (Å²) in [6.07, 6.45) is 1.87. The maximum absolute atomic E-state index is 10.9. The average Bonchev–Trinajstić information content (AvgIpc) is 2.43. The van der Waals surface area contributed by atoms with E-state index in [2.05, 4.69) is 5.32 Å². The molecule has 6 heteroatoms. The Labute approximate surface area is 118 Å². The molecule has 20 heavy (non-hydrogen) atoms. The van der Waals surface area contributed by atoms with E-state index < -0.39 is 4.92 Å². The van der Waals surface area contributed by atoms with Crippen molar-refractivity contribution in [3.63, 3.8) is 0 Å². The minimum absolute atomic E-state index is 0.0219. The van der Waals surface area contributed by atoms with Crippen LogP contribution in [0.1, 0.15) is 26.7 Å². The normalized spacial score (nSPS) is 11.9. The number of rotatable bonds is 9. The highest BCUT2D eigenvalue weighted by molar-refractivity contribution is 5.57. The van der Waals surface area contributed by atoms with Crippen molar-refractivity contribution in [2.75, 3.05) is 25.1 Å². The Kier molecular flexibility index (Phi) is 6.79. The van der Waals surface area contributed by atoms with Gasteiger partial charge >= 0.3 is 5.69 Å². The lowest BCUT2D eigenvalue weighted by Gasteiger charge is -2.11. The number of hydrogen-bond acceptors (Lipinski definition) is 5. The summed E-state index contributed by atoms with van der Waals surface area (Å²) in [7, 11) is 0. The molecular weight excluding hydrogens is 260 g/mol. The molecule has 1 aromatic carbocycles. The first-order valence-electron chi connectivity index (χ1n) is 6.84. The fourth-order valence-electron chi connectivity index (χ4n) is 1.82. The van der Waals surface area contributed by atoms with E-state index in [1.165, 1.54) is 6.07 Å². The van der Waals surface area contributed by atoms with Crippen LogP contribution in [0.15, 0.2) is 18.2 Å². The van der Waals surface area contributed by atoms with Crippen LogP contribution >= 0.6 is 0 Å². The minimum atomic E-state index is -0.447. The van der Waals surface area contributed by atoms with Crippen molar-refractivity contribution in [1.82, 2.24) is 0 Å². The summed E-state index contributed by atoms with van der Waals surface area (Å²) in [5.74, 6) is 0.582. The van der Waals surface area contributed by atoms with Crippen LogP contribution in [-0.4, -0.2) is 29.8 Å². The van der Waals surface area contributed by atoms with E-state index in [0.29, 0.717) is 12.5 Å². The van der Waals surface area contributed by atoms with Crippen molar-refractivity contribution >= 4 is 11.4 Å². The van der Waals surface area contributed by atoms with Crippen molar-refractivity contribution in [1.29, 1.82) is 0 Å². The number of ether oxygens (including phenoxy) is 1. The fraction of sp³-hybridized carbons (Fsp3) is 0.571. The van der Waals surface area contributed by atoms with E-state index in [0.717, 1.165) is 25.1 Å². The van der Waals surface area contributed by atoms with Crippen molar-refractivity contribution in [3.8, 4) is 5.75 Å². The molecule has 1 rings (SSSR count).